The highest BCUT2D eigenvalue weighted by molar-refractivity contribution is 4.72. The topological polar surface area (TPSA) is 40.5 Å². The third kappa shape index (κ3) is 4.38. The molecular formula is C9H20O2. The monoisotopic (exact) mass is 160 g/mol. The van der Waals surface area contributed by atoms with Crippen LogP contribution in [0.3, 0.4) is 0 Å². The highest BCUT2D eigenvalue weighted by atomic mass is 16.3. The minimum Gasteiger partial charge on any atom is -0.396 e. The Labute approximate surface area is 69.2 Å². The average Bonchev–Trinajstić information content (AvgIpc) is 1.88. The predicted molar refractivity (Wildman–Crippen MR) is 46.4 cm³/mol. The Hall–Kier alpha value is -0.0800. The molecule has 0 aromatic carbocycles. The van der Waals surface area contributed by atoms with Gasteiger partial charge >= 0.3 is 0 Å². The van der Waals surface area contributed by atoms with E-state index in [0.29, 0.717) is 0 Å². The van der Waals surface area contributed by atoms with Crippen LogP contribution in [-0.2, 0) is 0 Å². The molecular weight excluding hydrogens is 140 g/mol. The van der Waals surface area contributed by atoms with Crippen LogP contribution in [0.15, 0.2) is 0 Å². The van der Waals surface area contributed by atoms with Crippen molar-refractivity contribution >= 4 is 0 Å². The molecule has 2 N–H and O–H groups in total. The van der Waals surface area contributed by atoms with E-state index in [9.17, 15) is 0 Å². The van der Waals surface area contributed by atoms with E-state index < -0.39 is 0 Å². The van der Waals surface area contributed by atoms with Crippen LogP contribution in [0.1, 0.15) is 39.5 Å². The molecule has 0 radical (unpaired) electrons. The van der Waals surface area contributed by atoms with Gasteiger partial charge in [-0.05, 0) is 24.7 Å². The van der Waals surface area contributed by atoms with Gasteiger partial charge in [-0.15, -0.1) is 0 Å². The van der Waals surface area contributed by atoms with Gasteiger partial charge in [-0.25, -0.2) is 0 Å². The van der Waals surface area contributed by atoms with Crippen LogP contribution in [0.5, 0.6) is 0 Å². The molecule has 0 unspecified atom stereocenters. The number of hydrogen-bond acceptors (Lipinski definition) is 2. The van der Waals surface area contributed by atoms with Crippen LogP contribution >= 0.6 is 0 Å². The first kappa shape index (κ1) is 10.9. The normalized spacial score (nSPS) is 12.0. The van der Waals surface area contributed by atoms with Gasteiger partial charge in [0.15, 0.2) is 0 Å². The summed E-state index contributed by atoms with van der Waals surface area (Å²) in [6.45, 7) is 4.73. The summed E-state index contributed by atoms with van der Waals surface area (Å²) >= 11 is 0. The van der Waals surface area contributed by atoms with Gasteiger partial charge in [-0.1, -0.05) is 20.3 Å². The lowest BCUT2D eigenvalue weighted by Crippen LogP contribution is -2.19. The maximum Gasteiger partial charge on any atom is 0.0436 e. The van der Waals surface area contributed by atoms with Crippen molar-refractivity contribution < 1.29 is 10.2 Å². The van der Waals surface area contributed by atoms with E-state index in [1.165, 1.54) is 0 Å². The molecule has 0 saturated heterocycles. The molecule has 2 nitrogen and oxygen atoms in total. The van der Waals surface area contributed by atoms with Crippen molar-refractivity contribution in [3.05, 3.63) is 0 Å². The van der Waals surface area contributed by atoms with E-state index in [0.717, 1.165) is 25.7 Å². The predicted octanol–water partition coefficient (Wildman–Crippen LogP) is 1.56. The van der Waals surface area contributed by atoms with Gasteiger partial charge in [0.1, 0.15) is 0 Å². The molecule has 0 aromatic heterocycles. The summed E-state index contributed by atoms with van der Waals surface area (Å²) in [6.07, 6.45) is 3.83. The first-order valence-corrected chi connectivity index (χ1v) is 4.40. The molecule has 0 amide bonds. The molecule has 0 aliphatic heterocycles. The van der Waals surface area contributed by atoms with E-state index >= 15 is 0 Å². The second-order valence-electron chi connectivity index (χ2n) is 3.51. The summed E-state index contributed by atoms with van der Waals surface area (Å²) < 4.78 is 0. The third-order valence-corrected chi connectivity index (χ3v) is 2.28. The molecule has 0 heterocycles. The summed E-state index contributed by atoms with van der Waals surface area (Å²) in [5.41, 5.74) is 0.151. The number of aliphatic hydroxyl groups is 2. The molecule has 2 heteroatoms. The van der Waals surface area contributed by atoms with Crippen molar-refractivity contribution in [2.75, 3.05) is 13.2 Å². The van der Waals surface area contributed by atoms with Crippen molar-refractivity contribution in [1.29, 1.82) is 0 Å². The minimum atomic E-state index is 0.151. The van der Waals surface area contributed by atoms with E-state index in [4.69, 9.17) is 10.2 Å². The standard InChI is InChI=1S/C9H20O2/c1-3-4-9(2,5-7-10)6-8-11/h10-11H,3-8H2,1-2H3. The Kier molecular flexibility index (Phi) is 5.51. The van der Waals surface area contributed by atoms with Crippen LogP contribution in [0.25, 0.3) is 0 Å². The highest BCUT2D eigenvalue weighted by Gasteiger charge is 2.21. The molecule has 0 rings (SSSR count). The van der Waals surface area contributed by atoms with Gasteiger partial charge in [0.25, 0.3) is 0 Å². The van der Waals surface area contributed by atoms with Gasteiger partial charge in [0.05, 0.1) is 0 Å². The lowest BCUT2D eigenvalue weighted by atomic mass is 9.80. The zero-order valence-corrected chi connectivity index (χ0v) is 7.64. The average molecular weight is 160 g/mol. The molecule has 11 heavy (non-hydrogen) atoms. The van der Waals surface area contributed by atoms with E-state index in [1.807, 2.05) is 0 Å². The lowest BCUT2D eigenvalue weighted by molar-refractivity contribution is 0.139. The number of aliphatic hydroxyl groups excluding tert-OH is 2. The molecule has 0 bridgehead atoms. The first-order valence-electron chi connectivity index (χ1n) is 4.40. The number of hydrogen-bond donors (Lipinski definition) is 2. The molecule has 0 fully saturated rings. The van der Waals surface area contributed by atoms with Crippen molar-refractivity contribution in [2.45, 2.75) is 39.5 Å². The third-order valence-electron chi connectivity index (χ3n) is 2.28. The number of rotatable bonds is 6. The van der Waals surface area contributed by atoms with E-state index in [2.05, 4.69) is 13.8 Å². The van der Waals surface area contributed by atoms with Gasteiger partial charge in [0.2, 0.25) is 0 Å². The van der Waals surface area contributed by atoms with Gasteiger partial charge in [-0.2, -0.15) is 0 Å². The largest absolute Gasteiger partial charge is 0.396 e. The summed E-state index contributed by atoms with van der Waals surface area (Å²) in [6, 6.07) is 0. The van der Waals surface area contributed by atoms with Crippen LogP contribution < -0.4 is 0 Å². The SMILES string of the molecule is CCCC(C)(CCO)CCO. The summed E-state index contributed by atoms with van der Waals surface area (Å²) in [7, 11) is 0. The van der Waals surface area contributed by atoms with Crippen LogP contribution in [0, 0.1) is 5.41 Å². The molecule has 0 aliphatic rings. The van der Waals surface area contributed by atoms with Crippen molar-refractivity contribution in [2.24, 2.45) is 5.41 Å². The Morgan fingerprint density at radius 1 is 1.00 bits per heavy atom. The van der Waals surface area contributed by atoms with Gasteiger partial charge in [-0.3, -0.25) is 0 Å². The van der Waals surface area contributed by atoms with Crippen molar-refractivity contribution in [3.8, 4) is 0 Å². The van der Waals surface area contributed by atoms with Crippen molar-refractivity contribution in [1.82, 2.24) is 0 Å². The Balaban J connectivity index is 3.79. The van der Waals surface area contributed by atoms with Crippen LogP contribution in [0.4, 0.5) is 0 Å². The molecule has 68 valence electrons. The Morgan fingerprint density at radius 3 is 1.73 bits per heavy atom. The Morgan fingerprint density at radius 2 is 1.45 bits per heavy atom. The fourth-order valence-electron chi connectivity index (χ4n) is 1.52. The zero-order valence-electron chi connectivity index (χ0n) is 7.64. The maximum atomic E-state index is 8.77. The first-order chi connectivity index (χ1) is 5.18. The second-order valence-corrected chi connectivity index (χ2v) is 3.51. The highest BCUT2D eigenvalue weighted by Crippen LogP contribution is 2.30. The lowest BCUT2D eigenvalue weighted by Gasteiger charge is -2.27. The van der Waals surface area contributed by atoms with E-state index in [-0.39, 0.29) is 18.6 Å². The fraction of sp³-hybridized carbons (Fsp3) is 1.00. The maximum absolute atomic E-state index is 8.77. The van der Waals surface area contributed by atoms with Crippen LogP contribution in [0.2, 0.25) is 0 Å². The van der Waals surface area contributed by atoms with Crippen LogP contribution in [-0.4, -0.2) is 23.4 Å². The van der Waals surface area contributed by atoms with Crippen molar-refractivity contribution in [3.63, 3.8) is 0 Å². The fourth-order valence-corrected chi connectivity index (χ4v) is 1.52. The smallest absolute Gasteiger partial charge is 0.0436 e. The summed E-state index contributed by atoms with van der Waals surface area (Å²) in [4.78, 5) is 0. The minimum absolute atomic E-state index is 0.151. The van der Waals surface area contributed by atoms with Gasteiger partial charge in [0, 0.05) is 13.2 Å². The van der Waals surface area contributed by atoms with Gasteiger partial charge < -0.3 is 10.2 Å². The summed E-state index contributed by atoms with van der Waals surface area (Å²) in [5, 5.41) is 17.5. The molecule has 0 aliphatic carbocycles. The molecule has 0 atom stereocenters. The second kappa shape index (κ2) is 5.56. The molecule has 0 saturated carbocycles. The molecule has 0 spiro atoms. The Bertz CT molecular complexity index is 74.5. The zero-order chi connectivity index (χ0) is 8.74. The van der Waals surface area contributed by atoms with E-state index in [1.54, 1.807) is 0 Å². The quantitative estimate of drug-likeness (QED) is 0.619. The molecule has 0 aromatic rings. The summed E-state index contributed by atoms with van der Waals surface area (Å²) in [5.74, 6) is 0.